The van der Waals surface area contributed by atoms with Gasteiger partial charge in [-0.15, -0.1) is 0 Å². The number of benzene rings is 1. The average Bonchev–Trinajstić information content (AvgIpc) is 2.72. The molecular weight excluding hydrogens is 261 g/mol. The summed E-state index contributed by atoms with van der Waals surface area (Å²) in [4.78, 5) is 4.31. The van der Waals surface area contributed by atoms with E-state index in [2.05, 4.69) is 25.1 Å². The lowest BCUT2D eigenvalue weighted by Gasteiger charge is -2.30. The molecule has 0 saturated carbocycles. The van der Waals surface area contributed by atoms with Crippen molar-refractivity contribution < 1.29 is 4.39 Å². The van der Waals surface area contributed by atoms with Crippen LogP contribution in [0.2, 0.25) is 0 Å². The molecule has 3 nitrogen and oxygen atoms in total. The van der Waals surface area contributed by atoms with Crippen LogP contribution in [-0.2, 0) is 6.54 Å². The van der Waals surface area contributed by atoms with E-state index in [9.17, 15) is 4.39 Å². The molecule has 0 amide bonds. The number of hydrogen-bond acceptors (Lipinski definition) is 3. The van der Waals surface area contributed by atoms with Crippen molar-refractivity contribution in [2.75, 3.05) is 12.0 Å². The molecule has 2 aromatic rings. The Morgan fingerprint density at radius 3 is 2.63 bits per heavy atom. The number of nitrogens with two attached hydrogens (primary N) is 1. The molecule has 2 N–H and O–H groups in total. The molecule has 0 unspecified atom stereocenters. The quantitative estimate of drug-likeness (QED) is 0.909. The highest BCUT2D eigenvalue weighted by molar-refractivity contribution is 8.00. The van der Waals surface area contributed by atoms with Gasteiger partial charge in [0.25, 0.3) is 0 Å². The average molecular weight is 281 g/mol. The number of anilines is 1. The van der Waals surface area contributed by atoms with E-state index in [1.165, 1.54) is 12.1 Å². The van der Waals surface area contributed by atoms with Crippen LogP contribution in [0.3, 0.4) is 0 Å². The Kier molecular flexibility index (Phi) is 4.04. The molecule has 19 heavy (non-hydrogen) atoms. The number of halogens is 1. The van der Waals surface area contributed by atoms with Gasteiger partial charge in [-0.25, -0.2) is 9.37 Å². The van der Waals surface area contributed by atoms with Crippen molar-refractivity contribution in [3.63, 3.8) is 0 Å². The molecule has 1 heterocycles. The van der Waals surface area contributed by atoms with Crippen LogP contribution in [0.5, 0.6) is 0 Å². The summed E-state index contributed by atoms with van der Waals surface area (Å²) < 4.78 is 15.5. The van der Waals surface area contributed by atoms with Gasteiger partial charge in [0.2, 0.25) is 5.95 Å². The van der Waals surface area contributed by atoms with Crippen LogP contribution in [0.1, 0.15) is 26.7 Å². The fourth-order valence-corrected chi connectivity index (χ4v) is 3.23. The molecule has 0 atom stereocenters. The predicted octanol–water partition coefficient (Wildman–Crippen LogP) is 3.68. The van der Waals surface area contributed by atoms with Gasteiger partial charge in [0.05, 0.1) is 11.0 Å². The fraction of sp³-hybridized carbons (Fsp3) is 0.500. The molecule has 0 radical (unpaired) electrons. The third kappa shape index (κ3) is 2.56. The zero-order valence-electron chi connectivity index (χ0n) is 11.6. The van der Waals surface area contributed by atoms with Gasteiger partial charge >= 0.3 is 0 Å². The van der Waals surface area contributed by atoms with E-state index in [0.717, 1.165) is 30.4 Å². The van der Waals surface area contributed by atoms with E-state index in [4.69, 9.17) is 5.73 Å². The third-order valence-electron chi connectivity index (χ3n) is 3.91. The van der Waals surface area contributed by atoms with Crippen molar-refractivity contribution in [1.82, 2.24) is 9.55 Å². The van der Waals surface area contributed by atoms with Gasteiger partial charge in [-0.05, 0) is 37.3 Å². The molecule has 0 saturated heterocycles. The maximum Gasteiger partial charge on any atom is 0.201 e. The van der Waals surface area contributed by atoms with Crippen LogP contribution in [0.15, 0.2) is 18.2 Å². The minimum Gasteiger partial charge on any atom is -0.369 e. The lowest BCUT2D eigenvalue weighted by atomic mass is 10.0. The number of imidazole rings is 1. The van der Waals surface area contributed by atoms with E-state index in [-0.39, 0.29) is 10.6 Å². The molecule has 1 aromatic carbocycles. The first kappa shape index (κ1) is 14.2. The van der Waals surface area contributed by atoms with Gasteiger partial charge in [-0.3, -0.25) is 0 Å². The Bertz CT molecular complexity index is 567. The molecule has 2 rings (SSSR count). The summed E-state index contributed by atoms with van der Waals surface area (Å²) in [5.41, 5.74) is 7.52. The normalized spacial score (nSPS) is 12.2. The Morgan fingerprint density at radius 1 is 1.37 bits per heavy atom. The van der Waals surface area contributed by atoms with Crippen molar-refractivity contribution in [2.45, 2.75) is 38.0 Å². The largest absolute Gasteiger partial charge is 0.369 e. The summed E-state index contributed by atoms with van der Waals surface area (Å²) in [7, 11) is 0. The number of nitrogens with zero attached hydrogens (tertiary/aromatic N) is 2. The predicted molar refractivity (Wildman–Crippen MR) is 80.9 cm³/mol. The summed E-state index contributed by atoms with van der Waals surface area (Å²) in [5.74, 6) is 0.206. The molecule has 0 fully saturated rings. The maximum atomic E-state index is 13.4. The molecular formula is C14H20FN3S. The minimum absolute atomic E-state index is 0.119. The van der Waals surface area contributed by atoms with Gasteiger partial charge in [-0.1, -0.05) is 13.8 Å². The van der Waals surface area contributed by atoms with Gasteiger partial charge in [-0.2, -0.15) is 11.8 Å². The fourth-order valence-electron chi connectivity index (χ4n) is 2.40. The van der Waals surface area contributed by atoms with E-state index >= 15 is 0 Å². The van der Waals surface area contributed by atoms with Gasteiger partial charge < -0.3 is 10.3 Å². The molecule has 0 aliphatic carbocycles. The highest BCUT2D eigenvalue weighted by Gasteiger charge is 2.27. The van der Waals surface area contributed by atoms with E-state index in [1.807, 2.05) is 16.3 Å². The van der Waals surface area contributed by atoms with Crippen LogP contribution in [-0.4, -0.2) is 20.6 Å². The van der Waals surface area contributed by atoms with Crippen LogP contribution < -0.4 is 5.73 Å². The first-order valence-electron chi connectivity index (χ1n) is 6.51. The summed E-state index contributed by atoms with van der Waals surface area (Å²) >= 11 is 1.84. The molecule has 0 aliphatic heterocycles. The minimum atomic E-state index is -0.253. The number of fused-ring (bicyclic) bond motifs is 1. The van der Waals surface area contributed by atoms with Crippen molar-refractivity contribution >= 4 is 28.7 Å². The number of rotatable bonds is 5. The second-order valence-electron chi connectivity index (χ2n) is 4.78. The SMILES string of the molecule is CCC(CC)(Cn1c(N)nc2ccc(F)cc21)SC. The topological polar surface area (TPSA) is 43.8 Å². The summed E-state index contributed by atoms with van der Waals surface area (Å²) in [6, 6.07) is 4.60. The molecule has 104 valence electrons. The first-order chi connectivity index (χ1) is 9.05. The van der Waals surface area contributed by atoms with Crippen molar-refractivity contribution in [1.29, 1.82) is 0 Å². The molecule has 1 aromatic heterocycles. The molecule has 0 bridgehead atoms. The second-order valence-corrected chi connectivity index (χ2v) is 6.06. The monoisotopic (exact) mass is 281 g/mol. The Morgan fingerprint density at radius 2 is 2.05 bits per heavy atom. The van der Waals surface area contributed by atoms with Crippen LogP contribution in [0, 0.1) is 5.82 Å². The van der Waals surface area contributed by atoms with Crippen LogP contribution in [0.4, 0.5) is 10.3 Å². The van der Waals surface area contributed by atoms with Gasteiger partial charge in [0.1, 0.15) is 5.82 Å². The molecule has 0 aliphatic rings. The second kappa shape index (κ2) is 5.41. The van der Waals surface area contributed by atoms with Crippen LogP contribution in [0.25, 0.3) is 11.0 Å². The number of thioether (sulfide) groups is 1. The number of aromatic nitrogens is 2. The Balaban J connectivity index is 2.50. The van der Waals surface area contributed by atoms with Crippen molar-refractivity contribution in [3.8, 4) is 0 Å². The smallest absolute Gasteiger partial charge is 0.201 e. The summed E-state index contributed by atoms with van der Waals surface area (Å²) in [5, 5.41) is 0. The van der Waals surface area contributed by atoms with Gasteiger partial charge in [0.15, 0.2) is 0 Å². The lowest BCUT2D eigenvalue weighted by molar-refractivity contribution is 0.476. The van der Waals surface area contributed by atoms with Crippen molar-refractivity contribution in [3.05, 3.63) is 24.0 Å². The number of hydrogen-bond donors (Lipinski definition) is 1. The standard InChI is InChI=1S/C14H20FN3S/c1-4-14(5-2,19-3)9-18-12-8-10(15)6-7-11(12)17-13(18)16/h6-8H,4-5,9H2,1-3H3,(H2,16,17). The van der Waals surface area contributed by atoms with Crippen LogP contribution >= 0.6 is 11.8 Å². The zero-order chi connectivity index (χ0) is 14.0. The summed E-state index contributed by atoms with van der Waals surface area (Å²) in [6.07, 6.45) is 4.20. The van der Waals surface area contributed by atoms with E-state index < -0.39 is 0 Å². The molecule has 0 spiro atoms. The Labute approximate surface area is 117 Å². The number of nitrogen functional groups attached to an aromatic ring is 1. The Hall–Kier alpha value is -1.23. The first-order valence-corrected chi connectivity index (χ1v) is 7.74. The third-order valence-corrected chi connectivity index (χ3v) is 5.48. The van der Waals surface area contributed by atoms with Gasteiger partial charge in [0, 0.05) is 11.3 Å². The highest BCUT2D eigenvalue weighted by Crippen LogP contribution is 2.34. The highest BCUT2D eigenvalue weighted by atomic mass is 32.2. The lowest BCUT2D eigenvalue weighted by Crippen LogP contribution is -2.29. The zero-order valence-corrected chi connectivity index (χ0v) is 12.4. The van der Waals surface area contributed by atoms with Crippen molar-refractivity contribution in [2.24, 2.45) is 0 Å². The summed E-state index contributed by atoms with van der Waals surface area (Å²) in [6.45, 7) is 5.11. The maximum absolute atomic E-state index is 13.4. The molecule has 5 heteroatoms. The van der Waals surface area contributed by atoms with E-state index in [0.29, 0.717) is 5.95 Å². The van der Waals surface area contributed by atoms with E-state index in [1.54, 1.807) is 6.07 Å².